The zero-order valence-corrected chi connectivity index (χ0v) is 11.6. The number of hydrogen-bond acceptors (Lipinski definition) is 4. The van der Waals surface area contributed by atoms with E-state index in [-0.39, 0.29) is 5.91 Å². The minimum atomic E-state index is -0.452. The number of carbonyl (C=O) groups excluding carboxylic acids is 1. The van der Waals surface area contributed by atoms with Gasteiger partial charge in [-0.15, -0.1) is 0 Å². The van der Waals surface area contributed by atoms with Crippen LogP contribution in [0.1, 0.15) is 38.5 Å². The Morgan fingerprint density at radius 2 is 1.95 bits per heavy atom. The van der Waals surface area contributed by atoms with E-state index in [0.29, 0.717) is 39.1 Å². The van der Waals surface area contributed by atoms with Gasteiger partial charge in [-0.1, -0.05) is 25.7 Å². The summed E-state index contributed by atoms with van der Waals surface area (Å²) in [4.78, 5) is 11.7. The van der Waals surface area contributed by atoms with Gasteiger partial charge in [0.2, 0.25) is 0 Å². The molecule has 1 amide bonds. The van der Waals surface area contributed by atoms with E-state index in [9.17, 15) is 4.79 Å². The predicted molar refractivity (Wildman–Crippen MR) is 71.0 cm³/mol. The Morgan fingerprint density at radius 1 is 1.16 bits per heavy atom. The number of amides is 1. The molecule has 0 bridgehead atoms. The van der Waals surface area contributed by atoms with Crippen molar-refractivity contribution in [3.8, 4) is 0 Å². The summed E-state index contributed by atoms with van der Waals surface area (Å²) >= 11 is 0. The van der Waals surface area contributed by atoms with Gasteiger partial charge in [0.15, 0.2) is 6.10 Å². The second-order valence-corrected chi connectivity index (χ2v) is 5.21. The largest absolute Gasteiger partial charge is 0.376 e. The maximum atomic E-state index is 11.7. The molecule has 1 heterocycles. The molecule has 1 aliphatic heterocycles. The second-order valence-electron chi connectivity index (χ2n) is 5.21. The van der Waals surface area contributed by atoms with Crippen LogP contribution in [-0.2, 0) is 19.0 Å². The van der Waals surface area contributed by atoms with Gasteiger partial charge in [0.25, 0.3) is 5.91 Å². The third kappa shape index (κ3) is 5.47. The molecule has 0 aromatic heterocycles. The standard InChI is InChI=1S/C14H25NO4/c16-14(13-11-17-9-10-19-13)15-7-8-18-12-5-3-1-2-4-6-12/h12-13H,1-11H2,(H,15,16)/t13-/m1/s1. The van der Waals surface area contributed by atoms with Gasteiger partial charge in [-0.2, -0.15) is 0 Å². The first-order chi connectivity index (χ1) is 9.36. The first-order valence-corrected chi connectivity index (χ1v) is 7.45. The fourth-order valence-electron chi connectivity index (χ4n) is 2.56. The molecule has 19 heavy (non-hydrogen) atoms. The molecule has 1 N–H and O–H groups in total. The maximum Gasteiger partial charge on any atom is 0.251 e. The fraction of sp³-hybridized carbons (Fsp3) is 0.929. The van der Waals surface area contributed by atoms with Crippen molar-refractivity contribution in [2.24, 2.45) is 0 Å². The van der Waals surface area contributed by atoms with E-state index in [4.69, 9.17) is 14.2 Å². The molecule has 1 saturated heterocycles. The number of carbonyl (C=O) groups is 1. The Morgan fingerprint density at radius 3 is 2.63 bits per heavy atom. The van der Waals surface area contributed by atoms with Crippen molar-refractivity contribution >= 4 is 5.91 Å². The van der Waals surface area contributed by atoms with Gasteiger partial charge in [-0.3, -0.25) is 4.79 Å². The highest BCUT2D eigenvalue weighted by Gasteiger charge is 2.22. The number of rotatable bonds is 5. The van der Waals surface area contributed by atoms with Crippen LogP contribution >= 0.6 is 0 Å². The van der Waals surface area contributed by atoms with Crippen molar-refractivity contribution in [3.05, 3.63) is 0 Å². The van der Waals surface area contributed by atoms with E-state index in [1.54, 1.807) is 0 Å². The first kappa shape index (κ1) is 14.8. The Kier molecular flexibility index (Phi) is 6.61. The monoisotopic (exact) mass is 271 g/mol. The van der Waals surface area contributed by atoms with Crippen LogP contribution in [0.2, 0.25) is 0 Å². The Balaban J connectivity index is 1.54. The average molecular weight is 271 g/mol. The van der Waals surface area contributed by atoms with Crippen LogP contribution in [-0.4, -0.2) is 51.1 Å². The average Bonchev–Trinajstić information content (AvgIpc) is 2.73. The summed E-state index contributed by atoms with van der Waals surface area (Å²) in [5, 5.41) is 2.84. The van der Waals surface area contributed by atoms with E-state index in [0.717, 1.165) is 12.8 Å². The lowest BCUT2D eigenvalue weighted by Gasteiger charge is -2.22. The van der Waals surface area contributed by atoms with Crippen molar-refractivity contribution in [1.82, 2.24) is 5.32 Å². The molecule has 1 atom stereocenters. The third-order valence-corrected chi connectivity index (χ3v) is 3.67. The third-order valence-electron chi connectivity index (χ3n) is 3.67. The Bertz CT molecular complexity index is 258. The predicted octanol–water partition coefficient (Wildman–Crippen LogP) is 1.26. The van der Waals surface area contributed by atoms with Gasteiger partial charge >= 0.3 is 0 Å². The molecule has 2 aliphatic rings. The molecule has 110 valence electrons. The lowest BCUT2D eigenvalue weighted by Crippen LogP contribution is -2.43. The SMILES string of the molecule is O=C(NCCOC1CCCCCC1)[C@H]1COCCO1. The molecule has 0 aromatic rings. The van der Waals surface area contributed by atoms with Gasteiger partial charge < -0.3 is 19.5 Å². The molecule has 0 unspecified atom stereocenters. The van der Waals surface area contributed by atoms with Gasteiger partial charge in [-0.05, 0) is 12.8 Å². The molecule has 2 fully saturated rings. The van der Waals surface area contributed by atoms with Crippen LogP contribution in [0.4, 0.5) is 0 Å². The zero-order chi connectivity index (χ0) is 13.3. The molecular weight excluding hydrogens is 246 g/mol. The summed E-state index contributed by atoms with van der Waals surface area (Å²) in [7, 11) is 0. The van der Waals surface area contributed by atoms with Crippen LogP contribution < -0.4 is 5.32 Å². The molecule has 2 rings (SSSR count). The lowest BCUT2D eigenvalue weighted by molar-refractivity contribution is -0.147. The topological polar surface area (TPSA) is 56.8 Å². The molecule has 5 heteroatoms. The first-order valence-electron chi connectivity index (χ1n) is 7.45. The molecule has 0 radical (unpaired) electrons. The normalized spacial score (nSPS) is 25.8. The highest BCUT2D eigenvalue weighted by atomic mass is 16.6. The van der Waals surface area contributed by atoms with E-state index in [2.05, 4.69) is 5.32 Å². The zero-order valence-electron chi connectivity index (χ0n) is 11.6. The van der Waals surface area contributed by atoms with Crippen molar-refractivity contribution in [1.29, 1.82) is 0 Å². The Labute approximate surface area is 115 Å². The van der Waals surface area contributed by atoms with Crippen molar-refractivity contribution in [3.63, 3.8) is 0 Å². The minimum Gasteiger partial charge on any atom is -0.376 e. The summed E-state index contributed by atoms with van der Waals surface area (Å²) < 4.78 is 16.3. The molecular formula is C14H25NO4. The van der Waals surface area contributed by atoms with Crippen molar-refractivity contribution < 1.29 is 19.0 Å². The number of ether oxygens (including phenoxy) is 3. The highest BCUT2D eigenvalue weighted by Crippen LogP contribution is 2.19. The van der Waals surface area contributed by atoms with Gasteiger partial charge in [0.1, 0.15) is 0 Å². The molecule has 0 spiro atoms. The summed E-state index contributed by atoms with van der Waals surface area (Å²) in [6, 6.07) is 0. The van der Waals surface area contributed by atoms with Crippen LogP contribution in [0.5, 0.6) is 0 Å². The molecule has 0 aromatic carbocycles. The molecule has 1 saturated carbocycles. The summed E-state index contributed by atoms with van der Waals surface area (Å²) in [6.07, 6.45) is 7.45. The molecule has 1 aliphatic carbocycles. The van der Waals surface area contributed by atoms with Gasteiger partial charge in [0.05, 0.1) is 32.5 Å². The van der Waals surface area contributed by atoms with Crippen LogP contribution in [0.3, 0.4) is 0 Å². The van der Waals surface area contributed by atoms with E-state index >= 15 is 0 Å². The quantitative estimate of drug-likeness (QED) is 0.604. The van der Waals surface area contributed by atoms with Crippen molar-refractivity contribution in [2.75, 3.05) is 33.0 Å². The smallest absolute Gasteiger partial charge is 0.251 e. The Hall–Kier alpha value is -0.650. The second kappa shape index (κ2) is 8.51. The van der Waals surface area contributed by atoms with E-state index in [1.807, 2.05) is 0 Å². The summed E-state index contributed by atoms with van der Waals surface area (Å²) in [5.41, 5.74) is 0. The number of nitrogens with one attached hydrogen (secondary N) is 1. The highest BCUT2D eigenvalue weighted by molar-refractivity contribution is 5.80. The van der Waals surface area contributed by atoms with E-state index in [1.165, 1.54) is 25.7 Å². The number of hydrogen-bond donors (Lipinski definition) is 1. The summed E-state index contributed by atoms with van der Waals surface area (Å²) in [6.45, 7) is 2.57. The minimum absolute atomic E-state index is 0.0934. The fourth-order valence-corrected chi connectivity index (χ4v) is 2.56. The van der Waals surface area contributed by atoms with Gasteiger partial charge in [-0.25, -0.2) is 0 Å². The maximum absolute atomic E-state index is 11.7. The van der Waals surface area contributed by atoms with Crippen LogP contribution in [0.25, 0.3) is 0 Å². The van der Waals surface area contributed by atoms with E-state index < -0.39 is 6.10 Å². The van der Waals surface area contributed by atoms with Crippen LogP contribution in [0, 0.1) is 0 Å². The summed E-state index contributed by atoms with van der Waals surface area (Å²) in [5.74, 6) is -0.0934. The lowest BCUT2D eigenvalue weighted by atomic mass is 10.1. The van der Waals surface area contributed by atoms with Crippen LogP contribution in [0.15, 0.2) is 0 Å². The molecule has 5 nitrogen and oxygen atoms in total. The van der Waals surface area contributed by atoms with Gasteiger partial charge in [0, 0.05) is 6.54 Å². The van der Waals surface area contributed by atoms with Crippen molar-refractivity contribution in [2.45, 2.75) is 50.7 Å².